The van der Waals surface area contributed by atoms with Gasteiger partial charge >= 0.3 is 0 Å². The van der Waals surface area contributed by atoms with E-state index in [-0.39, 0.29) is 28.1 Å². The van der Waals surface area contributed by atoms with Crippen molar-refractivity contribution in [3.05, 3.63) is 22.2 Å². The minimum absolute atomic E-state index is 0.00647. The molecule has 0 aromatic heterocycles. The maximum Gasteiger partial charge on any atom is 0.239 e. The summed E-state index contributed by atoms with van der Waals surface area (Å²) in [6, 6.07) is 2.85. The SMILES string of the molecule is CCC(C)CS(=O)(=O)CC(=O)Nc1c(N)cc(Cl)cc1Cl. The van der Waals surface area contributed by atoms with E-state index in [0.717, 1.165) is 6.42 Å². The number of anilines is 2. The summed E-state index contributed by atoms with van der Waals surface area (Å²) in [7, 11) is -3.47. The molecule has 1 aromatic rings. The maximum absolute atomic E-state index is 11.9. The van der Waals surface area contributed by atoms with Crippen LogP contribution in [0.3, 0.4) is 0 Å². The lowest BCUT2D eigenvalue weighted by molar-refractivity contribution is -0.113. The molecule has 1 unspecified atom stereocenters. The van der Waals surface area contributed by atoms with E-state index >= 15 is 0 Å². The summed E-state index contributed by atoms with van der Waals surface area (Å²) in [5, 5.41) is 2.91. The highest BCUT2D eigenvalue weighted by Crippen LogP contribution is 2.32. The van der Waals surface area contributed by atoms with E-state index in [1.807, 2.05) is 13.8 Å². The molecule has 0 spiro atoms. The number of nitrogen functional groups attached to an aromatic ring is 1. The van der Waals surface area contributed by atoms with Gasteiger partial charge in [0.05, 0.1) is 22.2 Å². The Morgan fingerprint density at radius 1 is 1.38 bits per heavy atom. The Balaban J connectivity index is 2.79. The third kappa shape index (κ3) is 5.73. The summed E-state index contributed by atoms with van der Waals surface area (Å²) >= 11 is 11.7. The molecule has 1 rings (SSSR count). The zero-order chi connectivity index (χ0) is 16.2. The largest absolute Gasteiger partial charge is 0.397 e. The highest BCUT2D eigenvalue weighted by molar-refractivity contribution is 7.92. The lowest BCUT2D eigenvalue weighted by Crippen LogP contribution is -2.27. The molecule has 1 amide bonds. The van der Waals surface area contributed by atoms with Crippen LogP contribution >= 0.6 is 23.2 Å². The third-order valence-electron chi connectivity index (χ3n) is 2.94. The molecule has 0 aliphatic carbocycles. The van der Waals surface area contributed by atoms with Gasteiger partial charge in [0.25, 0.3) is 0 Å². The van der Waals surface area contributed by atoms with E-state index in [4.69, 9.17) is 28.9 Å². The van der Waals surface area contributed by atoms with Crippen molar-refractivity contribution in [1.82, 2.24) is 0 Å². The number of hydrogen-bond acceptors (Lipinski definition) is 4. The van der Waals surface area contributed by atoms with Gasteiger partial charge in [0, 0.05) is 5.02 Å². The predicted octanol–water partition coefficient (Wildman–Crippen LogP) is 2.98. The molecule has 1 aromatic carbocycles. The number of sulfone groups is 1. The van der Waals surface area contributed by atoms with E-state index in [1.54, 1.807) is 0 Å². The summed E-state index contributed by atoms with van der Waals surface area (Å²) < 4.78 is 23.8. The van der Waals surface area contributed by atoms with Crippen LogP contribution in [0.2, 0.25) is 10.0 Å². The van der Waals surface area contributed by atoms with Crippen LogP contribution in [0.4, 0.5) is 11.4 Å². The molecule has 0 radical (unpaired) electrons. The molecule has 21 heavy (non-hydrogen) atoms. The number of hydrogen-bond donors (Lipinski definition) is 2. The van der Waals surface area contributed by atoms with E-state index in [1.165, 1.54) is 12.1 Å². The maximum atomic E-state index is 11.9. The van der Waals surface area contributed by atoms with Gasteiger partial charge in [-0.05, 0) is 18.1 Å². The van der Waals surface area contributed by atoms with Gasteiger partial charge in [-0.15, -0.1) is 0 Å². The molecular weight excluding hydrogens is 335 g/mol. The lowest BCUT2D eigenvalue weighted by atomic mass is 10.2. The molecular formula is C13H18Cl2N2O3S. The van der Waals surface area contributed by atoms with Gasteiger partial charge in [0.1, 0.15) is 5.75 Å². The number of carbonyl (C=O) groups excluding carboxylic acids is 1. The van der Waals surface area contributed by atoms with Gasteiger partial charge in [-0.1, -0.05) is 43.5 Å². The van der Waals surface area contributed by atoms with Crippen molar-refractivity contribution in [3.8, 4) is 0 Å². The van der Waals surface area contributed by atoms with Crippen LogP contribution in [-0.2, 0) is 14.6 Å². The van der Waals surface area contributed by atoms with Crippen molar-refractivity contribution in [2.45, 2.75) is 20.3 Å². The van der Waals surface area contributed by atoms with Crippen LogP contribution in [-0.4, -0.2) is 25.8 Å². The second-order valence-electron chi connectivity index (χ2n) is 4.97. The summed E-state index contributed by atoms with van der Waals surface area (Å²) in [6.07, 6.45) is 0.733. The summed E-state index contributed by atoms with van der Waals surface area (Å²) in [6.45, 7) is 3.72. The molecule has 118 valence electrons. The lowest BCUT2D eigenvalue weighted by Gasteiger charge is -2.12. The van der Waals surface area contributed by atoms with Gasteiger partial charge in [0.2, 0.25) is 5.91 Å². The molecule has 0 aliphatic rings. The fraction of sp³-hybridized carbons (Fsp3) is 0.462. The Kier molecular flexibility index (Phi) is 6.31. The average Bonchev–Trinajstić information content (AvgIpc) is 2.32. The van der Waals surface area contributed by atoms with E-state index < -0.39 is 21.5 Å². The molecule has 8 heteroatoms. The van der Waals surface area contributed by atoms with E-state index in [0.29, 0.717) is 5.02 Å². The normalized spacial score (nSPS) is 13.0. The van der Waals surface area contributed by atoms with Gasteiger partial charge in [-0.2, -0.15) is 0 Å². The fourth-order valence-corrected chi connectivity index (χ4v) is 3.96. The number of nitrogens with two attached hydrogens (primary N) is 1. The molecule has 3 N–H and O–H groups in total. The Labute approximate surface area is 134 Å². The minimum atomic E-state index is -3.47. The van der Waals surface area contributed by atoms with Crippen molar-refractivity contribution in [2.24, 2.45) is 5.92 Å². The Bertz CT molecular complexity index is 609. The average molecular weight is 353 g/mol. The van der Waals surface area contributed by atoms with Gasteiger partial charge < -0.3 is 11.1 Å². The topological polar surface area (TPSA) is 89.3 Å². The van der Waals surface area contributed by atoms with Crippen molar-refractivity contribution in [1.29, 1.82) is 0 Å². The fourth-order valence-electron chi connectivity index (χ4n) is 1.71. The summed E-state index contributed by atoms with van der Waals surface area (Å²) in [5.41, 5.74) is 6.06. The van der Waals surface area contributed by atoms with Gasteiger partial charge in [0.15, 0.2) is 9.84 Å². The molecule has 0 heterocycles. The third-order valence-corrected chi connectivity index (χ3v) is 5.23. The first-order chi connectivity index (χ1) is 9.64. The van der Waals surface area contributed by atoms with E-state index in [2.05, 4.69) is 5.32 Å². The smallest absolute Gasteiger partial charge is 0.239 e. The van der Waals surface area contributed by atoms with Crippen LogP contribution in [0.1, 0.15) is 20.3 Å². The Morgan fingerprint density at radius 3 is 2.52 bits per heavy atom. The predicted molar refractivity (Wildman–Crippen MR) is 87.6 cm³/mol. The first-order valence-electron chi connectivity index (χ1n) is 6.39. The zero-order valence-electron chi connectivity index (χ0n) is 11.8. The van der Waals surface area contributed by atoms with Crippen LogP contribution in [0.25, 0.3) is 0 Å². The van der Waals surface area contributed by atoms with Gasteiger partial charge in [-0.25, -0.2) is 8.42 Å². The van der Waals surface area contributed by atoms with Crippen molar-refractivity contribution < 1.29 is 13.2 Å². The monoisotopic (exact) mass is 352 g/mol. The number of halogens is 2. The highest BCUT2D eigenvalue weighted by Gasteiger charge is 2.20. The second kappa shape index (κ2) is 7.33. The first kappa shape index (κ1) is 18.1. The quantitative estimate of drug-likeness (QED) is 0.770. The van der Waals surface area contributed by atoms with Crippen molar-refractivity contribution in [3.63, 3.8) is 0 Å². The van der Waals surface area contributed by atoms with Crippen molar-refractivity contribution in [2.75, 3.05) is 22.6 Å². The molecule has 0 fully saturated rings. The Hall–Kier alpha value is -0.980. The van der Waals surface area contributed by atoms with Crippen LogP contribution in [0, 0.1) is 5.92 Å². The van der Waals surface area contributed by atoms with Crippen LogP contribution in [0.15, 0.2) is 12.1 Å². The number of rotatable bonds is 6. The molecule has 5 nitrogen and oxygen atoms in total. The number of benzene rings is 1. The highest BCUT2D eigenvalue weighted by atomic mass is 35.5. The zero-order valence-corrected chi connectivity index (χ0v) is 14.1. The standard InChI is InChI=1S/C13H18Cl2N2O3S/c1-3-8(2)6-21(19,20)7-12(18)17-13-10(15)4-9(14)5-11(13)16/h4-5,8H,3,6-7,16H2,1-2H3,(H,17,18). The van der Waals surface area contributed by atoms with Gasteiger partial charge in [-0.3, -0.25) is 4.79 Å². The second-order valence-corrected chi connectivity index (χ2v) is 7.92. The summed E-state index contributed by atoms with van der Waals surface area (Å²) in [5.74, 6) is -1.29. The van der Waals surface area contributed by atoms with Crippen LogP contribution in [0.5, 0.6) is 0 Å². The Morgan fingerprint density at radius 2 is 2.00 bits per heavy atom. The number of carbonyl (C=O) groups is 1. The van der Waals surface area contributed by atoms with Crippen LogP contribution < -0.4 is 11.1 Å². The number of amides is 1. The number of nitrogens with one attached hydrogen (secondary N) is 1. The minimum Gasteiger partial charge on any atom is -0.397 e. The first-order valence-corrected chi connectivity index (χ1v) is 8.97. The molecule has 0 bridgehead atoms. The molecule has 0 saturated heterocycles. The summed E-state index contributed by atoms with van der Waals surface area (Å²) in [4.78, 5) is 11.8. The van der Waals surface area contributed by atoms with E-state index in [9.17, 15) is 13.2 Å². The molecule has 1 atom stereocenters. The molecule has 0 saturated carbocycles. The molecule has 0 aliphatic heterocycles. The van der Waals surface area contributed by atoms with Crippen molar-refractivity contribution >= 4 is 50.3 Å².